The molecule has 0 spiro atoms. The summed E-state index contributed by atoms with van der Waals surface area (Å²) in [5, 5.41) is 2.88. The topological polar surface area (TPSA) is 87.7 Å². The molecule has 2 N–H and O–H groups in total. The van der Waals surface area contributed by atoms with Crippen molar-refractivity contribution in [3.05, 3.63) is 57.6 Å². The Hall–Kier alpha value is -2.26. The zero-order valence-electron chi connectivity index (χ0n) is 20.2. The minimum absolute atomic E-state index is 0.0342. The third-order valence-electron chi connectivity index (χ3n) is 6.56. The number of carbonyl (C=O) groups is 1. The Bertz CT molecular complexity index is 1090. The fourth-order valence-corrected chi connectivity index (χ4v) is 5.86. The Labute approximate surface area is 197 Å². The molecule has 8 heteroatoms. The van der Waals surface area contributed by atoms with Gasteiger partial charge in [0.2, 0.25) is 15.9 Å². The van der Waals surface area contributed by atoms with Crippen LogP contribution in [0, 0.1) is 34.6 Å². The summed E-state index contributed by atoms with van der Waals surface area (Å²) in [5.41, 5.74) is 6.41. The SMILES string of the molecule is Cc1c(C)c(C)c(S(=O)(=O)NCCC(=O)Nc2cccc(CN3CCOCC3)c2)c(C)c1C. The molecule has 0 saturated carbocycles. The number of nitrogens with zero attached hydrogens (tertiary/aromatic N) is 1. The highest BCUT2D eigenvalue weighted by molar-refractivity contribution is 7.89. The maximum atomic E-state index is 13.0. The fourth-order valence-electron chi connectivity index (χ4n) is 4.23. The molecule has 0 aromatic heterocycles. The number of nitrogens with one attached hydrogen (secondary N) is 2. The quantitative estimate of drug-likeness (QED) is 0.614. The first kappa shape index (κ1) is 25.4. The second-order valence-electron chi connectivity index (χ2n) is 8.74. The number of sulfonamides is 1. The Morgan fingerprint density at radius 2 is 1.58 bits per heavy atom. The standard InChI is InChI=1S/C25H35N3O4S/c1-17-18(2)20(4)25(21(5)19(17)3)33(30,31)26-10-9-24(29)27-23-8-6-7-22(15-23)16-28-11-13-32-14-12-28/h6-8,15,26H,9-14,16H2,1-5H3,(H,27,29). The molecule has 2 aromatic rings. The number of ether oxygens (including phenoxy) is 1. The zero-order chi connectivity index (χ0) is 24.2. The number of anilines is 1. The van der Waals surface area contributed by atoms with Gasteiger partial charge >= 0.3 is 0 Å². The van der Waals surface area contributed by atoms with E-state index in [2.05, 4.69) is 14.9 Å². The van der Waals surface area contributed by atoms with Crippen LogP contribution in [0.15, 0.2) is 29.2 Å². The number of carbonyl (C=O) groups excluding carboxylic acids is 1. The van der Waals surface area contributed by atoms with Crippen molar-refractivity contribution >= 4 is 21.6 Å². The summed E-state index contributed by atoms with van der Waals surface area (Å²) in [6.07, 6.45) is 0.0504. The summed E-state index contributed by atoms with van der Waals surface area (Å²) in [6, 6.07) is 7.76. The van der Waals surface area contributed by atoms with E-state index < -0.39 is 10.0 Å². The Morgan fingerprint density at radius 1 is 0.970 bits per heavy atom. The summed E-state index contributed by atoms with van der Waals surface area (Å²) in [5.74, 6) is -0.231. The molecular formula is C25H35N3O4S. The van der Waals surface area contributed by atoms with Gasteiger partial charge in [-0.25, -0.2) is 13.1 Å². The monoisotopic (exact) mass is 473 g/mol. The van der Waals surface area contributed by atoms with Crippen LogP contribution >= 0.6 is 0 Å². The molecule has 1 fully saturated rings. The number of hydrogen-bond acceptors (Lipinski definition) is 5. The maximum Gasteiger partial charge on any atom is 0.241 e. The van der Waals surface area contributed by atoms with Gasteiger partial charge in [-0.2, -0.15) is 0 Å². The smallest absolute Gasteiger partial charge is 0.241 e. The lowest BCUT2D eigenvalue weighted by Crippen LogP contribution is -2.35. The van der Waals surface area contributed by atoms with E-state index in [1.807, 2.05) is 58.9 Å². The summed E-state index contributed by atoms with van der Waals surface area (Å²) < 4.78 is 34.0. The number of rotatable bonds is 8. The van der Waals surface area contributed by atoms with E-state index in [1.165, 1.54) is 0 Å². The van der Waals surface area contributed by atoms with E-state index in [4.69, 9.17) is 4.74 Å². The Morgan fingerprint density at radius 3 is 2.21 bits per heavy atom. The predicted octanol–water partition coefficient (Wildman–Crippen LogP) is 3.37. The fraction of sp³-hybridized carbons (Fsp3) is 0.480. The van der Waals surface area contributed by atoms with E-state index >= 15 is 0 Å². The molecule has 1 heterocycles. The van der Waals surface area contributed by atoms with Crippen LogP contribution in [0.25, 0.3) is 0 Å². The van der Waals surface area contributed by atoms with Gasteiger partial charge in [0.15, 0.2) is 0 Å². The summed E-state index contributed by atoms with van der Waals surface area (Å²) >= 11 is 0. The van der Waals surface area contributed by atoms with Crippen LogP contribution in [-0.2, 0) is 26.1 Å². The lowest BCUT2D eigenvalue weighted by Gasteiger charge is -2.26. The first-order valence-corrected chi connectivity index (χ1v) is 12.8. The second-order valence-corrected chi connectivity index (χ2v) is 10.4. The van der Waals surface area contributed by atoms with Gasteiger partial charge in [0, 0.05) is 38.3 Å². The molecule has 33 heavy (non-hydrogen) atoms. The molecule has 1 aliphatic rings. The van der Waals surface area contributed by atoms with Gasteiger partial charge in [0.05, 0.1) is 18.1 Å². The van der Waals surface area contributed by atoms with Crippen LogP contribution in [0.3, 0.4) is 0 Å². The normalized spacial score (nSPS) is 14.9. The average molecular weight is 474 g/mol. The molecule has 0 unspecified atom stereocenters. The van der Waals surface area contributed by atoms with Crippen molar-refractivity contribution < 1.29 is 17.9 Å². The van der Waals surface area contributed by atoms with Crippen LogP contribution in [0.5, 0.6) is 0 Å². The van der Waals surface area contributed by atoms with Crippen molar-refractivity contribution in [2.75, 3.05) is 38.2 Å². The van der Waals surface area contributed by atoms with Crippen LogP contribution in [0.2, 0.25) is 0 Å². The minimum atomic E-state index is -3.72. The molecule has 180 valence electrons. The van der Waals surface area contributed by atoms with E-state index in [-0.39, 0.29) is 18.9 Å². The number of hydrogen-bond donors (Lipinski definition) is 2. The first-order valence-electron chi connectivity index (χ1n) is 11.4. The van der Waals surface area contributed by atoms with Crippen molar-refractivity contribution in [1.82, 2.24) is 9.62 Å². The van der Waals surface area contributed by atoms with Gasteiger partial charge in [0.1, 0.15) is 0 Å². The molecule has 0 radical (unpaired) electrons. The van der Waals surface area contributed by atoms with Crippen molar-refractivity contribution in [2.45, 2.75) is 52.5 Å². The van der Waals surface area contributed by atoms with Crippen LogP contribution in [0.1, 0.15) is 39.8 Å². The molecule has 2 aromatic carbocycles. The van der Waals surface area contributed by atoms with Crippen molar-refractivity contribution in [2.24, 2.45) is 0 Å². The summed E-state index contributed by atoms with van der Waals surface area (Å²) in [4.78, 5) is 15.1. The van der Waals surface area contributed by atoms with Crippen LogP contribution in [-0.4, -0.2) is 52.1 Å². The Kier molecular flexibility index (Phi) is 8.28. The van der Waals surface area contributed by atoms with Gasteiger partial charge in [-0.15, -0.1) is 0 Å². The zero-order valence-corrected chi connectivity index (χ0v) is 21.1. The van der Waals surface area contributed by atoms with E-state index in [0.717, 1.165) is 66.2 Å². The molecule has 7 nitrogen and oxygen atoms in total. The molecule has 1 saturated heterocycles. The third-order valence-corrected chi connectivity index (χ3v) is 8.30. The molecule has 0 atom stereocenters. The molecular weight excluding hydrogens is 438 g/mol. The van der Waals surface area contributed by atoms with Gasteiger partial charge in [-0.3, -0.25) is 9.69 Å². The van der Waals surface area contributed by atoms with Gasteiger partial charge in [0.25, 0.3) is 0 Å². The van der Waals surface area contributed by atoms with Crippen molar-refractivity contribution in [3.8, 4) is 0 Å². The lowest BCUT2D eigenvalue weighted by atomic mass is 9.95. The van der Waals surface area contributed by atoms with Crippen LogP contribution in [0.4, 0.5) is 5.69 Å². The second kappa shape index (κ2) is 10.8. The predicted molar refractivity (Wildman–Crippen MR) is 131 cm³/mol. The largest absolute Gasteiger partial charge is 0.379 e. The van der Waals surface area contributed by atoms with E-state index in [9.17, 15) is 13.2 Å². The molecule has 1 aliphatic heterocycles. The molecule has 1 amide bonds. The lowest BCUT2D eigenvalue weighted by molar-refractivity contribution is -0.116. The Balaban J connectivity index is 1.58. The van der Waals surface area contributed by atoms with E-state index in [1.54, 1.807) is 0 Å². The number of morpholine rings is 1. The van der Waals surface area contributed by atoms with Crippen LogP contribution < -0.4 is 10.0 Å². The van der Waals surface area contributed by atoms with E-state index in [0.29, 0.717) is 10.6 Å². The third kappa shape index (κ3) is 6.20. The highest BCUT2D eigenvalue weighted by atomic mass is 32.2. The number of amides is 1. The molecule has 0 bridgehead atoms. The van der Waals surface area contributed by atoms with Gasteiger partial charge < -0.3 is 10.1 Å². The highest BCUT2D eigenvalue weighted by Crippen LogP contribution is 2.29. The maximum absolute atomic E-state index is 13.0. The molecule has 0 aliphatic carbocycles. The van der Waals surface area contributed by atoms with Gasteiger partial charge in [-0.05, 0) is 80.1 Å². The summed E-state index contributed by atoms with van der Waals surface area (Å²) in [6.45, 7) is 13.7. The first-order chi connectivity index (χ1) is 15.6. The summed E-state index contributed by atoms with van der Waals surface area (Å²) in [7, 11) is -3.72. The van der Waals surface area contributed by atoms with Crippen molar-refractivity contribution in [1.29, 1.82) is 0 Å². The highest BCUT2D eigenvalue weighted by Gasteiger charge is 2.23. The van der Waals surface area contributed by atoms with Gasteiger partial charge in [-0.1, -0.05) is 12.1 Å². The van der Waals surface area contributed by atoms with Crippen molar-refractivity contribution in [3.63, 3.8) is 0 Å². The molecule has 3 rings (SSSR count). The minimum Gasteiger partial charge on any atom is -0.379 e. The number of benzene rings is 2. The average Bonchev–Trinajstić information content (AvgIpc) is 2.77.